The highest BCUT2D eigenvalue weighted by Crippen LogP contribution is 2.18. The second-order valence-corrected chi connectivity index (χ2v) is 5.83. The fourth-order valence-corrected chi connectivity index (χ4v) is 1.59. The maximum Gasteiger partial charge on any atom is 0.267 e. The lowest BCUT2D eigenvalue weighted by atomic mass is 9.92. The molecule has 0 bridgehead atoms. The Morgan fingerprint density at radius 3 is 2.56 bits per heavy atom. The normalized spacial score (nSPS) is 13.3. The zero-order chi connectivity index (χ0) is 13.8. The molecular weight excluding hydrogens is 226 g/mol. The number of pyridine rings is 1. The van der Waals surface area contributed by atoms with Crippen LogP contribution in [-0.4, -0.2) is 17.4 Å². The Bertz CT molecular complexity index is 392. The molecule has 1 aromatic rings. The van der Waals surface area contributed by atoms with E-state index in [-0.39, 0.29) is 6.04 Å². The number of carbonyl (C=O) groups excluding carboxylic acids is 1. The molecule has 1 heterocycles. The molecule has 3 N–H and O–H groups in total. The van der Waals surface area contributed by atoms with Gasteiger partial charge in [0.25, 0.3) is 5.91 Å². The summed E-state index contributed by atoms with van der Waals surface area (Å²) in [6.07, 6.45) is 2.82. The molecule has 0 aliphatic carbocycles. The Kier molecular flexibility index (Phi) is 4.84. The average Bonchev–Trinajstić information content (AvgIpc) is 2.27. The lowest BCUT2D eigenvalue weighted by Crippen LogP contribution is -2.24. The molecule has 100 valence electrons. The number of nitrogens with zero attached hydrogens (tertiary/aromatic N) is 1. The van der Waals surface area contributed by atoms with Crippen molar-refractivity contribution >= 4 is 5.91 Å². The first kappa shape index (κ1) is 14.6. The zero-order valence-electron chi connectivity index (χ0n) is 11.7. The average molecular weight is 249 g/mol. The number of hydrogen-bond donors (Lipinski definition) is 2. The standard InChI is InChI=1S/C14H23N3O/c1-10(16-8-7-14(2,3)4)11-5-6-12(13(15)18)17-9-11/h5-6,9-10,16H,7-8H2,1-4H3,(H2,15,18). The van der Waals surface area contributed by atoms with Crippen LogP contribution in [0.2, 0.25) is 0 Å². The van der Waals surface area contributed by atoms with Crippen LogP contribution in [0.25, 0.3) is 0 Å². The van der Waals surface area contributed by atoms with Gasteiger partial charge in [0.2, 0.25) is 0 Å². The fraction of sp³-hybridized carbons (Fsp3) is 0.571. The van der Waals surface area contributed by atoms with Crippen LogP contribution < -0.4 is 11.1 Å². The van der Waals surface area contributed by atoms with Crippen molar-refractivity contribution in [2.75, 3.05) is 6.54 Å². The van der Waals surface area contributed by atoms with Crippen LogP contribution in [-0.2, 0) is 0 Å². The highest BCUT2D eigenvalue weighted by Gasteiger charge is 2.11. The maximum atomic E-state index is 10.9. The van der Waals surface area contributed by atoms with Crippen molar-refractivity contribution in [3.8, 4) is 0 Å². The van der Waals surface area contributed by atoms with Crippen LogP contribution in [0.15, 0.2) is 18.3 Å². The third-order valence-electron chi connectivity index (χ3n) is 2.86. The number of primary amides is 1. The minimum absolute atomic E-state index is 0.224. The van der Waals surface area contributed by atoms with E-state index >= 15 is 0 Å². The van der Waals surface area contributed by atoms with Gasteiger partial charge in [0.15, 0.2) is 0 Å². The van der Waals surface area contributed by atoms with Crippen molar-refractivity contribution < 1.29 is 4.79 Å². The zero-order valence-corrected chi connectivity index (χ0v) is 11.7. The molecular formula is C14H23N3O. The smallest absolute Gasteiger partial charge is 0.267 e. The van der Waals surface area contributed by atoms with E-state index in [9.17, 15) is 4.79 Å². The third kappa shape index (κ3) is 4.84. The third-order valence-corrected chi connectivity index (χ3v) is 2.86. The number of nitrogens with two attached hydrogens (primary N) is 1. The van der Waals surface area contributed by atoms with E-state index in [4.69, 9.17) is 5.73 Å². The van der Waals surface area contributed by atoms with Gasteiger partial charge in [-0.15, -0.1) is 0 Å². The molecule has 0 saturated heterocycles. The largest absolute Gasteiger partial charge is 0.364 e. The molecule has 4 nitrogen and oxygen atoms in total. The van der Waals surface area contributed by atoms with Crippen molar-refractivity contribution in [1.29, 1.82) is 0 Å². The molecule has 0 fully saturated rings. The molecule has 4 heteroatoms. The molecule has 0 spiro atoms. The summed E-state index contributed by atoms with van der Waals surface area (Å²) < 4.78 is 0. The van der Waals surface area contributed by atoms with Gasteiger partial charge in [-0.1, -0.05) is 26.8 Å². The van der Waals surface area contributed by atoms with E-state index in [0.29, 0.717) is 11.1 Å². The van der Waals surface area contributed by atoms with Crippen LogP contribution in [0.4, 0.5) is 0 Å². The highest BCUT2D eigenvalue weighted by molar-refractivity contribution is 5.90. The lowest BCUT2D eigenvalue weighted by Gasteiger charge is -2.20. The van der Waals surface area contributed by atoms with Crippen molar-refractivity contribution in [1.82, 2.24) is 10.3 Å². The van der Waals surface area contributed by atoms with Gasteiger partial charge in [0, 0.05) is 12.2 Å². The molecule has 1 amide bonds. The molecule has 1 aromatic heterocycles. The van der Waals surface area contributed by atoms with E-state index in [2.05, 4.69) is 38.0 Å². The van der Waals surface area contributed by atoms with Gasteiger partial charge in [-0.05, 0) is 36.9 Å². The monoisotopic (exact) mass is 249 g/mol. The van der Waals surface area contributed by atoms with E-state index in [0.717, 1.165) is 18.5 Å². The summed E-state index contributed by atoms with van der Waals surface area (Å²) in [5.41, 5.74) is 6.86. The maximum absolute atomic E-state index is 10.9. The predicted octanol–water partition coefficient (Wildman–Crippen LogP) is 2.27. The van der Waals surface area contributed by atoms with Crippen molar-refractivity contribution in [3.63, 3.8) is 0 Å². The van der Waals surface area contributed by atoms with Crippen LogP contribution in [0.3, 0.4) is 0 Å². The van der Waals surface area contributed by atoms with Crippen LogP contribution in [0, 0.1) is 5.41 Å². The SMILES string of the molecule is CC(NCCC(C)(C)C)c1ccc(C(N)=O)nc1. The molecule has 0 saturated carbocycles. The topological polar surface area (TPSA) is 68.0 Å². The Morgan fingerprint density at radius 2 is 2.11 bits per heavy atom. The van der Waals surface area contributed by atoms with Gasteiger partial charge in [-0.2, -0.15) is 0 Å². The number of hydrogen-bond acceptors (Lipinski definition) is 3. The van der Waals surface area contributed by atoms with Gasteiger partial charge in [0.1, 0.15) is 5.69 Å². The molecule has 1 rings (SSSR count). The van der Waals surface area contributed by atoms with Crippen molar-refractivity contribution in [3.05, 3.63) is 29.6 Å². The minimum atomic E-state index is -0.491. The summed E-state index contributed by atoms with van der Waals surface area (Å²) in [6.45, 7) is 9.72. The fourth-order valence-electron chi connectivity index (χ4n) is 1.59. The van der Waals surface area contributed by atoms with Crippen molar-refractivity contribution in [2.24, 2.45) is 11.1 Å². The van der Waals surface area contributed by atoms with Gasteiger partial charge < -0.3 is 11.1 Å². The molecule has 1 atom stereocenters. The first-order valence-corrected chi connectivity index (χ1v) is 6.29. The molecule has 0 aliphatic rings. The molecule has 0 aliphatic heterocycles. The first-order chi connectivity index (χ1) is 8.29. The summed E-state index contributed by atoms with van der Waals surface area (Å²) in [6, 6.07) is 3.78. The van der Waals surface area contributed by atoms with Crippen LogP contribution in [0.1, 0.15) is 56.2 Å². The Hall–Kier alpha value is -1.42. The summed E-state index contributed by atoms with van der Waals surface area (Å²) in [7, 11) is 0. The van der Waals surface area contributed by atoms with Crippen molar-refractivity contribution in [2.45, 2.75) is 40.2 Å². The summed E-state index contributed by atoms with van der Waals surface area (Å²) in [4.78, 5) is 15.0. The second-order valence-electron chi connectivity index (χ2n) is 5.83. The van der Waals surface area contributed by atoms with E-state index < -0.39 is 5.91 Å². The number of nitrogens with one attached hydrogen (secondary N) is 1. The highest BCUT2D eigenvalue weighted by atomic mass is 16.1. The minimum Gasteiger partial charge on any atom is -0.364 e. The van der Waals surface area contributed by atoms with Gasteiger partial charge in [0.05, 0.1) is 0 Å². The number of aromatic nitrogens is 1. The quantitative estimate of drug-likeness (QED) is 0.841. The lowest BCUT2D eigenvalue weighted by molar-refractivity contribution is 0.0995. The Balaban J connectivity index is 2.51. The summed E-state index contributed by atoms with van der Waals surface area (Å²) in [5, 5.41) is 3.45. The first-order valence-electron chi connectivity index (χ1n) is 6.29. The summed E-state index contributed by atoms with van der Waals surface area (Å²) >= 11 is 0. The molecule has 0 aromatic carbocycles. The Labute approximate surface area is 109 Å². The Morgan fingerprint density at radius 1 is 1.44 bits per heavy atom. The van der Waals surface area contributed by atoms with Gasteiger partial charge in [-0.3, -0.25) is 9.78 Å². The van der Waals surface area contributed by atoms with Gasteiger partial charge in [-0.25, -0.2) is 0 Å². The molecule has 18 heavy (non-hydrogen) atoms. The van der Waals surface area contributed by atoms with Gasteiger partial charge >= 0.3 is 0 Å². The molecule has 0 radical (unpaired) electrons. The van der Waals surface area contributed by atoms with E-state index in [1.807, 2.05) is 6.07 Å². The van der Waals surface area contributed by atoms with E-state index in [1.54, 1.807) is 12.3 Å². The number of rotatable bonds is 5. The van der Waals surface area contributed by atoms with E-state index in [1.165, 1.54) is 0 Å². The number of amides is 1. The summed E-state index contributed by atoms with van der Waals surface area (Å²) in [5.74, 6) is -0.491. The van der Waals surface area contributed by atoms with Crippen LogP contribution >= 0.6 is 0 Å². The van der Waals surface area contributed by atoms with Crippen LogP contribution in [0.5, 0.6) is 0 Å². The number of carbonyl (C=O) groups is 1. The second kappa shape index (κ2) is 5.96. The predicted molar refractivity (Wildman–Crippen MR) is 73.2 cm³/mol. The molecule has 1 unspecified atom stereocenters.